The lowest BCUT2D eigenvalue weighted by Crippen LogP contribution is -1.94. The quantitative estimate of drug-likeness (QED) is 0.758. The fourth-order valence-corrected chi connectivity index (χ4v) is 1.81. The maximum absolute atomic E-state index is 9.75. The summed E-state index contributed by atoms with van der Waals surface area (Å²) in [6.45, 7) is 0. The molecule has 4 nitrogen and oxygen atoms in total. The topological polar surface area (TPSA) is 58.9 Å². The van der Waals surface area contributed by atoms with Crippen LogP contribution in [0.15, 0.2) is 60.8 Å². The zero-order valence-electron chi connectivity index (χ0n) is 10.1. The first-order valence-electron chi connectivity index (χ1n) is 5.88. The van der Waals surface area contributed by atoms with Crippen molar-refractivity contribution in [3.05, 3.63) is 60.8 Å². The van der Waals surface area contributed by atoms with E-state index in [1.807, 2.05) is 36.4 Å². The lowest BCUT2D eigenvalue weighted by Gasteiger charge is -2.03. The van der Waals surface area contributed by atoms with Gasteiger partial charge in [-0.25, -0.2) is 4.98 Å². The predicted octanol–water partition coefficient (Wildman–Crippen LogP) is 2.91. The highest BCUT2D eigenvalue weighted by molar-refractivity contribution is 5.66. The van der Waals surface area contributed by atoms with Crippen LogP contribution in [0, 0.1) is 0 Å². The van der Waals surface area contributed by atoms with Crippen molar-refractivity contribution in [2.45, 2.75) is 0 Å². The molecule has 0 radical (unpaired) electrons. The fraction of sp³-hybridized carbons (Fsp3) is 0. The number of hydrogen-bond donors (Lipinski definition) is 1. The van der Waals surface area contributed by atoms with Crippen molar-refractivity contribution >= 4 is 0 Å². The number of hydrogen-bond acceptors (Lipinski definition) is 4. The second-order valence-electron chi connectivity index (χ2n) is 4.05. The SMILES string of the molecule is Oc1ccccc1-c1cnc(-c2ccccc2)nn1. The maximum atomic E-state index is 9.75. The first-order chi connectivity index (χ1) is 9.34. The van der Waals surface area contributed by atoms with Gasteiger partial charge in [0.25, 0.3) is 0 Å². The maximum Gasteiger partial charge on any atom is 0.181 e. The van der Waals surface area contributed by atoms with Gasteiger partial charge in [0.15, 0.2) is 5.82 Å². The molecule has 2 aromatic carbocycles. The summed E-state index contributed by atoms with van der Waals surface area (Å²) in [7, 11) is 0. The molecule has 0 aliphatic heterocycles. The van der Waals surface area contributed by atoms with Gasteiger partial charge in [-0.2, -0.15) is 0 Å². The van der Waals surface area contributed by atoms with Gasteiger partial charge >= 0.3 is 0 Å². The predicted molar refractivity (Wildman–Crippen MR) is 72.4 cm³/mol. The molecule has 1 heterocycles. The summed E-state index contributed by atoms with van der Waals surface area (Å²) >= 11 is 0. The van der Waals surface area contributed by atoms with Crippen molar-refractivity contribution in [1.29, 1.82) is 0 Å². The third kappa shape index (κ3) is 2.28. The summed E-state index contributed by atoms with van der Waals surface area (Å²) in [6.07, 6.45) is 1.62. The Hall–Kier alpha value is -2.75. The molecule has 19 heavy (non-hydrogen) atoms. The van der Waals surface area contributed by atoms with Crippen LogP contribution in [0.4, 0.5) is 0 Å². The first kappa shape index (κ1) is 11.3. The molecule has 0 amide bonds. The highest BCUT2D eigenvalue weighted by atomic mass is 16.3. The summed E-state index contributed by atoms with van der Waals surface area (Å²) in [6, 6.07) is 16.6. The van der Waals surface area contributed by atoms with E-state index in [9.17, 15) is 5.11 Å². The van der Waals surface area contributed by atoms with E-state index in [2.05, 4.69) is 15.2 Å². The minimum Gasteiger partial charge on any atom is -0.507 e. The number of para-hydroxylation sites is 1. The highest BCUT2D eigenvalue weighted by Crippen LogP contribution is 2.26. The molecule has 3 rings (SSSR count). The number of aromatic hydroxyl groups is 1. The van der Waals surface area contributed by atoms with E-state index in [-0.39, 0.29) is 5.75 Å². The van der Waals surface area contributed by atoms with E-state index in [0.717, 1.165) is 5.56 Å². The second kappa shape index (κ2) is 4.86. The van der Waals surface area contributed by atoms with Gasteiger partial charge in [0.05, 0.1) is 6.20 Å². The van der Waals surface area contributed by atoms with E-state index >= 15 is 0 Å². The molecule has 0 aliphatic carbocycles. The molecule has 3 aromatic rings. The number of aromatic nitrogens is 3. The molecule has 0 spiro atoms. The normalized spacial score (nSPS) is 10.3. The van der Waals surface area contributed by atoms with E-state index in [0.29, 0.717) is 17.1 Å². The molecule has 92 valence electrons. The molecule has 0 atom stereocenters. The van der Waals surface area contributed by atoms with Crippen molar-refractivity contribution in [1.82, 2.24) is 15.2 Å². The van der Waals surface area contributed by atoms with Crippen molar-refractivity contribution in [3.8, 4) is 28.4 Å². The van der Waals surface area contributed by atoms with Gasteiger partial charge in [-0.15, -0.1) is 10.2 Å². The smallest absolute Gasteiger partial charge is 0.181 e. The molecule has 0 saturated heterocycles. The van der Waals surface area contributed by atoms with E-state index < -0.39 is 0 Å². The summed E-state index contributed by atoms with van der Waals surface area (Å²) in [5.41, 5.74) is 2.10. The van der Waals surface area contributed by atoms with Crippen molar-refractivity contribution in [2.24, 2.45) is 0 Å². The van der Waals surface area contributed by atoms with E-state index in [1.165, 1.54) is 0 Å². The van der Waals surface area contributed by atoms with Crippen LogP contribution in [0.5, 0.6) is 5.75 Å². The Balaban J connectivity index is 1.98. The minimum absolute atomic E-state index is 0.172. The second-order valence-corrected chi connectivity index (χ2v) is 4.05. The van der Waals surface area contributed by atoms with Gasteiger partial charge in [-0.1, -0.05) is 42.5 Å². The summed E-state index contributed by atoms with van der Waals surface area (Å²) < 4.78 is 0. The molecule has 4 heteroatoms. The number of nitrogens with zero attached hydrogens (tertiary/aromatic N) is 3. The molecule has 0 unspecified atom stereocenters. The Labute approximate surface area is 110 Å². The van der Waals surface area contributed by atoms with Gasteiger partial charge in [-0.05, 0) is 12.1 Å². The van der Waals surface area contributed by atoms with Crippen LogP contribution in [-0.2, 0) is 0 Å². The molecule has 1 aromatic heterocycles. The highest BCUT2D eigenvalue weighted by Gasteiger charge is 2.07. The average molecular weight is 249 g/mol. The minimum atomic E-state index is 0.172. The first-order valence-corrected chi connectivity index (χ1v) is 5.88. The zero-order valence-corrected chi connectivity index (χ0v) is 10.1. The monoisotopic (exact) mass is 249 g/mol. The fourth-order valence-electron chi connectivity index (χ4n) is 1.81. The summed E-state index contributed by atoms with van der Waals surface area (Å²) in [4.78, 5) is 4.28. The van der Waals surface area contributed by atoms with Crippen LogP contribution in [0.2, 0.25) is 0 Å². The van der Waals surface area contributed by atoms with Gasteiger partial charge in [-0.3, -0.25) is 0 Å². The summed E-state index contributed by atoms with van der Waals surface area (Å²) in [5.74, 6) is 0.742. The lowest BCUT2D eigenvalue weighted by molar-refractivity contribution is 0.477. The lowest BCUT2D eigenvalue weighted by atomic mass is 10.1. The van der Waals surface area contributed by atoms with Crippen LogP contribution < -0.4 is 0 Å². The Morgan fingerprint density at radius 3 is 2.21 bits per heavy atom. The molecule has 0 saturated carbocycles. The van der Waals surface area contributed by atoms with Crippen LogP contribution in [0.1, 0.15) is 0 Å². The average Bonchev–Trinajstić information content (AvgIpc) is 2.49. The Morgan fingerprint density at radius 2 is 1.53 bits per heavy atom. The molecular weight excluding hydrogens is 238 g/mol. The number of phenols is 1. The summed E-state index contributed by atoms with van der Waals surface area (Å²) in [5, 5.41) is 18.0. The Morgan fingerprint density at radius 1 is 0.789 bits per heavy atom. The van der Waals surface area contributed by atoms with Crippen molar-refractivity contribution in [3.63, 3.8) is 0 Å². The largest absolute Gasteiger partial charge is 0.507 e. The third-order valence-electron chi connectivity index (χ3n) is 2.77. The van der Waals surface area contributed by atoms with Crippen LogP contribution in [-0.4, -0.2) is 20.3 Å². The van der Waals surface area contributed by atoms with Crippen molar-refractivity contribution < 1.29 is 5.11 Å². The number of benzene rings is 2. The third-order valence-corrected chi connectivity index (χ3v) is 2.77. The molecule has 1 N–H and O–H groups in total. The van der Waals surface area contributed by atoms with Gasteiger partial charge < -0.3 is 5.11 Å². The Bertz CT molecular complexity index is 681. The van der Waals surface area contributed by atoms with E-state index in [1.54, 1.807) is 24.4 Å². The Kier molecular flexibility index (Phi) is 2.90. The zero-order chi connectivity index (χ0) is 13.1. The molecule has 0 bridgehead atoms. The van der Waals surface area contributed by atoms with Gasteiger partial charge in [0.1, 0.15) is 11.4 Å². The van der Waals surface area contributed by atoms with Crippen LogP contribution >= 0.6 is 0 Å². The molecule has 0 aliphatic rings. The molecular formula is C15H11N3O. The number of phenolic OH excluding ortho intramolecular Hbond substituents is 1. The van der Waals surface area contributed by atoms with Crippen LogP contribution in [0.25, 0.3) is 22.6 Å². The van der Waals surface area contributed by atoms with Crippen molar-refractivity contribution in [2.75, 3.05) is 0 Å². The van der Waals surface area contributed by atoms with Crippen LogP contribution in [0.3, 0.4) is 0 Å². The van der Waals surface area contributed by atoms with E-state index in [4.69, 9.17) is 0 Å². The molecule has 0 fully saturated rings. The number of rotatable bonds is 2. The van der Waals surface area contributed by atoms with Gasteiger partial charge in [0.2, 0.25) is 0 Å². The standard InChI is InChI=1S/C15H11N3O/c19-14-9-5-4-8-12(14)13-10-16-15(18-17-13)11-6-2-1-3-7-11/h1-10,19H. The van der Waals surface area contributed by atoms with Gasteiger partial charge in [0, 0.05) is 11.1 Å².